The van der Waals surface area contributed by atoms with Crippen molar-refractivity contribution >= 4 is 21.8 Å². The molecular weight excluding hydrogens is 320 g/mol. The summed E-state index contributed by atoms with van der Waals surface area (Å²) < 4.78 is 0.768. The van der Waals surface area contributed by atoms with Crippen molar-refractivity contribution in [1.29, 1.82) is 0 Å². The number of nitrogens with one attached hydrogen (secondary N) is 1. The van der Waals surface area contributed by atoms with E-state index >= 15 is 0 Å². The van der Waals surface area contributed by atoms with Crippen LogP contribution in [-0.4, -0.2) is 42.6 Å². The summed E-state index contributed by atoms with van der Waals surface area (Å²) in [4.78, 5) is 14.0. The van der Waals surface area contributed by atoms with Crippen LogP contribution < -0.4 is 5.32 Å². The quantitative estimate of drug-likeness (QED) is 0.885. The highest BCUT2D eigenvalue weighted by Crippen LogP contribution is 2.24. The van der Waals surface area contributed by atoms with Crippen molar-refractivity contribution in [2.45, 2.75) is 19.3 Å². The van der Waals surface area contributed by atoms with Gasteiger partial charge in [0, 0.05) is 18.1 Å². The first-order valence-electron chi connectivity index (χ1n) is 7.02. The Bertz CT molecular complexity index is 473. The Hall–Kier alpha value is -1.07. The van der Waals surface area contributed by atoms with E-state index < -0.39 is 0 Å². The van der Waals surface area contributed by atoms with Crippen molar-refractivity contribution in [2.24, 2.45) is 5.92 Å². The molecule has 1 heterocycles. The van der Waals surface area contributed by atoms with E-state index in [0.717, 1.165) is 30.5 Å². The van der Waals surface area contributed by atoms with Gasteiger partial charge in [0.1, 0.15) is 5.75 Å². The number of phenols is 1. The summed E-state index contributed by atoms with van der Waals surface area (Å²) in [5.41, 5.74) is 0.362. The van der Waals surface area contributed by atoms with Gasteiger partial charge in [0.25, 0.3) is 5.91 Å². The lowest BCUT2D eigenvalue weighted by Crippen LogP contribution is -2.32. The van der Waals surface area contributed by atoms with E-state index in [2.05, 4.69) is 21.2 Å². The summed E-state index contributed by atoms with van der Waals surface area (Å²) in [7, 11) is 1.80. The van der Waals surface area contributed by atoms with Gasteiger partial charge in [-0.2, -0.15) is 0 Å². The van der Waals surface area contributed by atoms with Gasteiger partial charge >= 0.3 is 0 Å². The highest BCUT2D eigenvalue weighted by molar-refractivity contribution is 9.10. The first-order valence-corrected chi connectivity index (χ1v) is 7.82. The molecule has 0 saturated carbocycles. The van der Waals surface area contributed by atoms with Crippen molar-refractivity contribution in [3.63, 3.8) is 0 Å². The molecular formula is C15H21BrN2O2. The van der Waals surface area contributed by atoms with Crippen LogP contribution in [0.3, 0.4) is 0 Å². The fourth-order valence-electron chi connectivity index (χ4n) is 2.54. The molecule has 1 aliphatic heterocycles. The second kappa shape index (κ2) is 7.09. The first-order chi connectivity index (χ1) is 9.58. The minimum Gasteiger partial charge on any atom is -0.507 e. The number of carbonyl (C=O) groups excluding carboxylic acids is 1. The van der Waals surface area contributed by atoms with Crippen LogP contribution in [0.4, 0.5) is 0 Å². The molecule has 110 valence electrons. The van der Waals surface area contributed by atoms with Crippen LogP contribution in [0.15, 0.2) is 22.7 Å². The molecule has 1 fully saturated rings. The highest BCUT2D eigenvalue weighted by Gasteiger charge is 2.18. The fraction of sp³-hybridized carbons (Fsp3) is 0.533. The van der Waals surface area contributed by atoms with Crippen LogP contribution in [0.1, 0.15) is 29.6 Å². The molecule has 0 bridgehead atoms. The summed E-state index contributed by atoms with van der Waals surface area (Å²) in [5.74, 6) is 0.604. The van der Waals surface area contributed by atoms with E-state index in [9.17, 15) is 9.90 Å². The first kappa shape index (κ1) is 15.3. The Morgan fingerprint density at radius 1 is 1.45 bits per heavy atom. The summed E-state index contributed by atoms with van der Waals surface area (Å²) in [6.07, 6.45) is 3.40. The number of piperidine rings is 1. The summed E-state index contributed by atoms with van der Waals surface area (Å²) in [6, 6.07) is 4.98. The zero-order valence-corrected chi connectivity index (χ0v) is 13.3. The maximum Gasteiger partial charge on any atom is 0.257 e. The van der Waals surface area contributed by atoms with Crippen molar-refractivity contribution in [3.8, 4) is 5.75 Å². The minimum atomic E-state index is -0.121. The van der Waals surface area contributed by atoms with Crippen LogP contribution in [0.2, 0.25) is 0 Å². The van der Waals surface area contributed by atoms with E-state index in [1.54, 1.807) is 30.1 Å². The molecule has 20 heavy (non-hydrogen) atoms. The average molecular weight is 341 g/mol. The normalized spacial score (nSPS) is 16.1. The molecule has 1 amide bonds. The molecule has 0 atom stereocenters. The fourth-order valence-corrected chi connectivity index (χ4v) is 2.89. The van der Waals surface area contributed by atoms with Gasteiger partial charge in [-0.3, -0.25) is 4.79 Å². The van der Waals surface area contributed by atoms with Crippen molar-refractivity contribution < 1.29 is 9.90 Å². The number of phenolic OH excluding ortho intramolecular Hbond substituents is 1. The van der Waals surface area contributed by atoms with Crippen molar-refractivity contribution in [2.75, 3.05) is 26.7 Å². The second-order valence-electron chi connectivity index (χ2n) is 5.37. The minimum absolute atomic E-state index is 0.0260. The smallest absolute Gasteiger partial charge is 0.257 e. The third-order valence-electron chi connectivity index (χ3n) is 3.87. The standard InChI is InChI=1S/C15H21BrN2O2/c1-18(9-6-11-4-7-17-8-5-11)15(20)13-3-2-12(16)10-14(13)19/h2-3,10-11,17,19H,4-9H2,1H3. The topological polar surface area (TPSA) is 52.6 Å². The number of aromatic hydroxyl groups is 1. The maximum absolute atomic E-state index is 12.3. The van der Waals surface area contributed by atoms with Crippen LogP contribution in [-0.2, 0) is 0 Å². The van der Waals surface area contributed by atoms with Gasteiger partial charge in [0.15, 0.2) is 0 Å². The van der Waals surface area contributed by atoms with Gasteiger partial charge < -0.3 is 15.3 Å². The number of carbonyl (C=O) groups is 1. The third-order valence-corrected chi connectivity index (χ3v) is 4.36. The second-order valence-corrected chi connectivity index (χ2v) is 6.29. The van der Waals surface area contributed by atoms with Gasteiger partial charge in [-0.15, -0.1) is 0 Å². The molecule has 2 N–H and O–H groups in total. The Balaban J connectivity index is 1.90. The Morgan fingerprint density at radius 2 is 2.15 bits per heavy atom. The zero-order valence-electron chi connectivity index (χ0n) is 11.7. The summed E-state index contributed by atoms with van der Waals surface area (Å²) in [6.45, 7) is 2.89. The Labute approximate surface area is 128 Å². The Morgan fingerprint density at radius 3 is 2.80 bits per heavy atom. The number of nitrogens with zero attached hydrogens (tertiary/aromatic N) is 1. The number of halogens is 1. The van der Waals surface area contributed by atoms with Gasteiger partial charge in [0.05, 0.1) is 5.56 Å². The number of amides is 1. The molecule has 1 aliphatic rings. The van der Waals surface area contributed by atoms with Gasteiger partial charge in [-0.25, -0.2) is 0 Å². The predicted molar refractivity (Wildman–Crippen MR) is 83.0 cm³/mol. The largest absolute Gasteiger partial charge is 0.507 e. The van der Waals surface area contributed by atoms with E-state index in [0.29, 0.717) is 11.5 Å². The average Bonchev–Trinajstić information content (AvgIpc) is 2.45. The maximum atomic E-state index is 12.3. The predicted octanol–water partition coefficient (Wildman–Crippen LogP) is 2.62. The van der Waals surface area contributed by atoms with Crippen LogP contribution in [0, 0.1) is 5.92 Å². The number of hydrogen-bond donors (Lipinski definition) is 2. The molecule has 0 aromatic heterocycles. The number of hydrogen-bond acceptors (Lipinski definition) is 3. The molecule has 5 heteroatoms. The van der Waals surface area contributed by atoms with Crippen LogP contribution >= 0.6 is 15.9 Å². The molecule has 2 rings (SSSR count). The summed E-state index contributed by atoms with van der Waals surface area (Å²) >= 11 is 3.27. The van der Waals surface area contributed by atoms with E-state index in [1.807, 2.05) is 0 Å². The van der Waals surface area contributed by atoms with Gasteiger partial charge in [0.2, 0.25) is 0 Å². The van der Waals surface area contributed by atoms with Crippen LogP contribution in [0.5, 0.6) is 5.75 Å². The molecule has 1 saturated heterocycles. The Kier molecular flexibility index (Phi) is 5.43. The van der Waals surface area contributed by atoms with Crippen LogP contribution in [0.25, 0.3) is 0 Å². The zero-order chi connectivity index (χ0) is 14.5. The van der Waals surface area contributed by atoms with Gasteiger partial charge in [-0.05, 0) is 56.5 Å². The van der Waals surface area contributed by atoms with Crippen molar-refractivity contribution in [3.05, 3.63) is 28.2 Å². The van der Waals surface area contributed by atoms with Crippen molar-refractivity contribution in [1.82, 2.24) is 10.2 Å². The number of rotatable bonds is 4. The number of benzene rings is 1. The molecule has 1 aromatic rings. The monoisotopic (exact) mass is 340 g/mol. The van der Waals surface area contributed by atoms with E-state index in [4.69, 9.17) is 0 Å². The molecule has 0 unspecified atom stereocenters. The lowest BCUT2D eigenvalue weighted by molar-refractivity contribution is 0.0781. The SMILES string of the molecule is CN(CCC1CCNCC1)C(=O)c1ccc(Br)cc1O. The lowest BCUT2D eigenvalue weighted by atomic mass is 9.94. The molecule has 0 radical (unpaired) electrons. The molecule has 1 aromatic carbocycles. The van der Waals surface area contributed by atoms with Gasteiger partial charge in [-0.1, -0.05) is 15.9 Å². The van der Waals surface area contributed by atoms with E-state index in [1.165, 1.54) is 12.8 Å². The third kappa shape index (κ3) is 3.96. The molecule has 0 spiro atoms. The van der Waals surface area contributed by atoms with E-state index in [-0.39, 0.29) is 11.7 Å². The summed E-state index contributed by atoms with van der Waals surface area (Å²) in [5, 5.41) is 13.2. The highest BCUT2D eigenvalue weighted by atomic mass is 79.9. The lowest BCUT2D eigenvalue weighted by Gasteiger charge is -2.25. The molecule has 4 nitrogen and oxygen atoms in total. The molecule has 0 aliphatic carbocycles.